The average molecular weight is 486 g/mol. The summed E-state index contributed by atoms with van der Waals surface area (Å²) in [4.78, 5) is 0. The second-order valence-corrected chi connectivity index (χ2v) is 8.79. The third-order valence-corrected chi connectivity index (χ3v) is 6.85. The number of rotatable bonds is 6. The Hall–Kier alpha value is -1.04. The number of hydrogen-bond donors (Lipinski definition) is 0. The largest absolute Gasteiger partial charge is 0.206 e. The van der Waals surface area contributed by atoms with E-state index in [-0.39, 0.29) is 14.7 Å². The zero-order chi connectivity index (χ0) is 19.4. The minimum absolute atomic E-state index is 0.0657. The molecule has 3 rings (SSSR count). The summed E-state index contributed by atoms with van der Waals surface area (Å²) in [6.45, 7) is 2.23. The van der Waals surface area contributed by atoms with Crippen molar-refractivity contribution < 1.29 is 13.2 Å². The Labute approximate surface area is 173 Å². The lowest BCUT2D eigenvalue weighted by atomic mass is 9.77. The molecule has 0 atom stereocenters. The Bertz CT molecular complexity index is 756. The van der Waals surface area contributed by atoms with Crippen molar-refractivity contribution in [2.45, 2.75) is 64.2 Å². The third-order valence-electron chi connectivity index (χ3n) is 5.82. The van der Waals surface area contributed by atoms with Crippen molar-refractivity contribution >= 4 is 22.6 Å². The van der Waals surface area contributed by atoms with Crippen LogP contribution in [0.3, 0.4) is 0 Å². The summed E-state index contributed by atoms with van der Waals surface area (Å²) >= 11 is 1.62. The van der Waals surface area contributed by atoms with Crippen LogP contribution in [-0.2, 0) is 0 Å². The number of benzene rings is 2. The van der Waals surface area contributed by atoms with E-state index in [0.717, 1.165) is 24.3 Å². The van der Waals surface area contributed by atoms with Gasteiger partial charge in [-0.3, -0.25) is 0 Å². The van der Waals surface area contributed by atoms with Gasteiger partial charge in [-0.05, 0) is 89.4 Å². The van der Waals surface area contributed by atoms with Crippen LogP contribution in [0.15, 0.2) is 30.3 Å². The van der Waals surface area contributed by atoms with Crippen molar-refractivity contribution in [1.82, 2.24) is 0 Å². The van der Waals surface area contributed by atoms with Gasteiger partial charge in [0.05, 0.1) is 3.57 Å². The highest BCUT2D eigenvalue weighted by molar-refractivity contribution is 14.1. The van der Waals surface area contributed by atoms with Gasteiger partial charge in [-0.1, -0.05) is 44.7 Å². The van der Waals surface area contributed by atoms with E-state index in [9.17, 15) is 13.2 Å². The molecule has 0 bridgehead atoms. The highest BCUT2D eigenvalue weighted by Crippen LogP contribution is 2.39. The molecule has 0 nitrogen and oxygen atoms in total. The van der Waals surface area contributed by atoms with Gasteiger partial charge in [-0.2, -0.15) is 0 Å². The second-order valence-electron chi connectivity index (χ2n) is 7.71. The molecule has 0 spiro atoms. The zero-order valence-electron chi connectivity index (χ0n) is 15.7. The molecule has 0 amide bonds. The lowest BCUT2D eigenvalue weighted by Gasteiger charge is -2.29. The molecular formula is C23H26F3I. The molecule has 146 valence electrons. The molecule has 2 aromatic carbocycles. The van der Waals surface area contributed by atoms with E-state index in [2.05, 4.69) is 6.92 Å². The van der Waals surface area contributed by atoms with Crippen LogP contribution in [0.5, 0.6) is 0 Å². The van der Waals surface area contributed by atoms with Crippen LogP contribution >= 0.6 is 22.6 Å². The molecule has 1 aliphatic carbocycles. The van der Waals surface area contributed by atoms with Gasteiger partial charge in [-0.15, -0.1) is 0 Å². The third kappa shape index (κ3) is 5.07. The van der Waals surface area contributed by atoms with Gasteiger partial charge >= 0.3 is 0 Å². The first-order chi connectivity index (χ1) is 13.0. The fourth-order valence-electron chi connectivity index (χ4n) is 4.20. The summed E-state index contributed by atoms with van der Waals surface area (Å²) < 4.78 is 42.2. The predicted octanol–water partition coefficient (Wildman–Crippen LogP) is 8.23. The Balaban J connectivity index is 1.69. The minimum Gasteiger partial charge on any atom is -0.206 e. The highest BCUT2D eigenvalue weighted by Gasteiger charge is 2.23. The topological polar surface area (TPSA) is 0 Å². The van der Waals surface area contributed by atoms with E-state index in [0.29, 0.717) is 5.92 Å². The molecule has 0 saturated heterocycles. The van der Waals surface area contributed by atoms with Crippen LogP contribution < -0.4 is 0 Å². The van der Waals surface area contributed by atoms with Gasteiger partial charge in [0.25, 0.3) is 0 Å². The minimum atomic E-state index is -0.657. The van der Waals surface area contributed by atoms with E-state index in [1.165, 1.54) is 50.7 Å². The second kappa shape index (κ2) is 9.44. The van der Waals surface area contributed by atoms with Crippen LogP contribution in [0.1, 0.15) is 69.8 Å². The summed E-state index contributed by atoms with van der Waals surface area (Å²) in [6, 6.07) is 7.55. The molecule has 4 heteroatoms. The molecule has 2 aromatic rings. The van der Waals surface area contributed by atoms with Gasteiger partial charge in [0.1, 0.15) is 17.5 Å². The molecule has 0 radical (unpaired) electrons. The summed E-state index contributed by atoms with van der Waals surface area (Å²) in [5, 5.41) is 0. The molecular weight excluding hydrogens is 460 g/mol. The SMILES string of the molecule is CCCCCC1CCC(c2ccc(-c3cc(F)c(I)c(F)c3)c(F)c2)CC1. The molecule has 1 fully saturated rings. The maximum Gasteiger partial charge on any atom is 0.140 e. The van der Waals surface area contributed by atoms with Gasteiger partial charge in [0.15, 0.2) is 0 Å². The van der Waals surface area contributed by atoms with Gasteiger partial charge < -0.3 is 0 Å². The maximum absolute atomic E-state index is 14.7. The molecule has 0 aromatic heterocycles. The Kier molecular flexibility index (Phi) is 7.23. The summed E-state index contributed by atoms with van der Waals surface area (Å²) in [7, 11) is 0. The highest BCUT2D eigenvalue weighted by atomic mass is 127. The number of unbranched alkanes of at least 4 members (excludes halogenated alkanes) is 2. The Morgan fingerprint density at radius 2 is 1.56 bits per heavy atom. The maximum atomic E-state index is 14.7. The summed E-state index contributed by atoms with van der Waals surface area (Å²) in [6.07, 6.45) is 9.83. The van der Waals surface area contributed by atoms with Crippen LogP contribution in [0, 0.1) is 26.9 Å². The average Bonchev–Trinajstić information content (AvgIpc) is 2.66. The van der Waals surface area contributed by atoms with Crippen LogP contribution in [0.4, 0.5) is 13.2 Å². The van der Waals surface area contributed by atoms with Crippen LogP contribution in [0.25, 0.3) is 11.1 Å². The van der Waals surface area contributed by atoms with E-state index in [4.69, 9.17) is 0 Å². The lowest BCUT2D eigenvalue weighted by Crippen LogP contribution is -2.13. The van der Waals surface area contributed by atoms with Crippen molar-refractivity contribution in [3.05, 3.63) is 56.9 Å². The van der Waals surface area contributed by atoms with Crippen LogP contribution in [-0.4, -0.2) is 0 Å². The van der Waals surface area contributed by atoms with E-state index < -0.39 is 17.5 Å². The molecule has 0 unspecified atom stereocenters. The van der Waals surface area contributed by atoms with Crippen molar-refractivity contribution in [3.63, 3.8) is 0 Å². The monoisotopic (exact) mass is 486 g/mol. The van der Waals surface area contributed by atoms with E-state index in [1.807, 2.05) is 6.07 Å². The summed E-state index contributed by atoms with van der Waals surface area (Å²) in [5.74, 6) is -0.514. The van der Waals surface area contributed by atoms with E-state index >= 15 is 0 Å². The molecule has 27 heavy (non-hydrogen) atoms. The van der Waals surface area contributed by atoms with Gasteiger partial charge in [-0.25, -0.2) is 13.2 Å². The number of hydrogen-bond acceptors (Lipinski definition) is 0. The van der Waals surface area contributed by atoms with Gasteiger partial charge in [0.2, 0.25) is 0 Å². The fraction of sp³-hybridized carbons (Fsp3) is 0.478. The van der Waals surface area contributed by atoms with Crippen molar-refractivity contribution in [1.29, 1.82) is 0 Å². The Morgan fingerprint density at radius 1 is 0.889 bits per heavy atom. The number of halogens is 4. The molecule has 1 saturated carbocycles. The predicted molar refractivity (Wildman–Crippen MR) is 113 cm³/mol. The molecule has 0 N–H and O–H groups in total. The fourth-order valence-corrected chi connectivity index (χ4v) is 4.51. The smallest absolute Gasteiger partial charge is 0.140 e. The van der Waals surface area contributed by atoms with Crippen molar-refractivity contribution in [2.75, 3.05) is 0 Å². The zero-order valence-corrected chi connectivity index (χ0v) is 17.9. The standard InChI is InChI=1S/C23H26F3I/c1-2-3-4-5-15-6-8-16(9-7-15)17-10-11-19(20(24)12-17)18-13-21(25)23(27)22(26)14-18/h10-16H,2-9H2,1H3. The lowest BCUT2D eigenvalue weighted by molar-refractivity contribution is 0.302. The molecule has 0 aliphatic heterocycles. The van der Waals surface area contributed by atoms with Gasteiger partial charge in [0, 0.05) is 5.56 Å². The van der Waals surface area contributed by atoms with E-state index in [1.54, 1.807) is 34.7 Å². The molecule has 0 heterocycles. The first-order valence-electron chi connectivity index (χ1n) is 9.94. The molecule has 1 aliphatic rings. The normalized spacial score (nSPS) is 20.0. The first kappa shape index (κ1) is 20.7. The van der Waals surface area contributed by atoms with Crippen LogP contribution in [0.2, 0.25) is 0 Å². The Morgan fingerprint density at radius 3 is 2.15 bits per heavy atom. The van der Waals surface area contributed by atoms with Crippen molar-refractivity contribution in [2.24, 2.45) is 5.92 Å². The summed E-state index contributed by atoms with van der Waals surface area (Å²) in [5.41, 5.74) is 1.50. The first-order valence-corrected chi connectivity index (χ1v) is 11.0. The van der Waals surface area contributed by atoms with Crippen molar-refractivity contribution in [3.8, 4) is 11.1 Å². The quantitative estimate of drug-likeness (QED) is 0.219.